The fraction of sp³-hybridized carbons (Fsp3) is 0.880. The monoisotopic (exact) mass is 790 g/mol. The Morgan fingerprint density at radius 1 is 0.500 bits per heavy atom. The fourth-order valence-electron chi connectivity index (χ4n) is 7.49. The maximum Gasteiger partial charge on any atom is 0.306 e. The zero-order valence-electron chi connectivity index (χ0n) is 37.5. The molecule has 0 fully saturated rings. The van der Waals surface area contributed by atoms with E-state index in [-0.39, 0.29) is 24.9 Å². The van der Waals surface area contributed by atoms with Crippen LogP contribution in [0.5, 0.6) is 0 Å². The number of ether oxygens (including phenoxy) is 1. The van der Waals surface area contributed by atoms with E-state index in [1.807, 2.05) is 0 Å². The smallest absolute Gasteiger partial charge is 0.306 e. The second kappa shape index (κ2) is 44.4. The summed E-state index contributed by atoms with van der Waals surface area (Å²) in [5.74, 6) is -0.495. The lowest BCUT2D eigenvalue weighted by Crippen LogP contribution is -2.46. The lowest BCUT2D eigenvalue weighted by molar-refractivity contribution is -0.151. The molecule has 0 radical (unpaired) electrons. The molecular weight excluding hydrogens is 695 g/mol. The first-order valence-electron chi connectivity index (χ1n) is 24.6. The van der Waals surface area contributed by atoms with Crippen molar-refractivity contribution in [3.8, 4) is 0 Å². The number of hydrogen-bond acceptors (Lipinski definition) is 5. The fourth-order valence-corrected chi connectivity index (χ4v) is 7.49. The minimum absolute atomic E-state index is 0.0661. The molecule has 6 heteroatoms. The van der Waals surface area contributed by atoms with E-state index in [9.17, 15) is 19.8 Å². The van der Waals surface area contributed by atoms with Crippen molar-refractivity contribution in [3.63, 3.8) is 0 Å². The zero-order valence-corrected chi connectivity index (χ0v) is 37.5. The number of esters is 1. The number of aliphatic hydroxyl groups is 2. The highest BCUT2D eigenvalue weighted by Gasteiger charge is 2.24. The summed E-state index contributed by atoms with van der Waals surface area (Å²) in [5, 5.41) is 23.7. The molecule has 0 aromatic carbocycles. The molecule has 3 N–H and O–H groups in total. The molecule has 6 nitrogen and oxygen atoms in total. The van der Waals surface area contributed by atoms with Crippen LogP contribution in [0.2, 0.25) is 0 Å². The van der Waals surface area contributed by atoms with Crippen LogP contribution in [-0.4, -0.2) is 46.9 Å². The van der Waals surface area contributed by atoms with Gasteiger partial charge >= 0.3 is 5.97 Å². The average Bonchev–Trinajstić information content (AvgIpc) is 3.19. The second-order valence-corrected chi connectivity index (χ2v) is 16.9. The summed E-state index contributed by atoms with van der Waals surface area (Å²) in [6.07, 6.45) is 49.6. The van der Waals surface area contributed by atoms with Gasteiger partial charge in [-0.2, -0.15) is 0 Å². The van der Waals surface area contributed by atoms with Gasteiger partial charge in [0.05, 0.1) is 25.2 Å². The Kier molecular flexibility index (Phi) is 43.1. The van der Waals surface area contributed by atoms with Gasteiger partial charge in [-0.1, -0.05) is 199 Å². The molecule has 0 heterocycles. The van der Waals surface area contributed by atoms with Crippen molar-refractivity contribution < 1.29 is 24.5 Å². The van der Waals surface area contributed by atoms with Gasteiger partial charge in [-0.25, -0.2) is 0 Å². The van der Waals surface area contributed by atoms with E-state index in [1.165, 1.54) is 135 Å². The molecule has 56 heavy (non-hydrogen) atoms. The van der Waals surface area contributed by atoms with Crippen molar-refractivity contribution in [1.82, 2.24) is 5.32 Å². The molecule has 0 rings (SSSR count). The third kappa shape index (κ3) is 39.2. The molecule has 0 saturated carbocycles. The number of unbranched alkanes of at least 4 members (excludes halogenated alkanes) is 28. The van der Waals surface area contributed by atoms with E-state index < -0.39 is 18.2 Å². The molecule has 0 aromatic heterocycles. The highest BCUT2D eigenvalue weighted by Crippen LogP contribution is 2.17. The van der Waals surface area contributed by atoms with Crippen LogP contribution in [0.15, 0.2) is 24.3 Å². The number of nitrogens with one attached hydrogen (secondary N) is 1. The third-order valence-corrected chi connectivity index (χ3v) is 11.2. The Balaban J connectivity index is 4.43. The Morgan fingerprint density at radius 3 is 1.36 bits per heavy atom. The summed E-state index contributed by atoms with van der Waals surface area (Å²) < 4.78 is 5.89. The summed E-state index contributed by atoms with van der Waals surface area (Å²) in [6.45, 7) is 6.41. The molecule has 0 bridgehead atoms. The molecular formula is C50H95NO5. The zero-order chi connectivity index (χ0) is 41.0. The molecule has 0 aromatic rings. The van der Waals surface area contributed by atoms with Crippen molar-refractivity contribution in [2.24, 2.45) is 0 Å². The van der Waals surface area contributed by atoms with Crippen molar-refractivity contribution >= 4 is 11.9 Å². The highest BCUT2D eigenvalue weighted by molar-refractivity contribution is 5.77. The van der Waals surface area contributed by atoms with Crippen LogP contribution in [0, 0.1) is 0 Å². The van der Waals surface area contributed by atoms with Crippen LogP contribution in [0.4, 0.5) is 0 Å². The summed E-state index contributed by atoms with van der Waals surface area (Å²) in [4.78, 5) is 26.0. The number of hydrogen-bond donors (Lipinski definition) is 3. The largest absolute Gasteiger partial charge is 0.462 e. The van der Waals surface area contributed by atoms with E-state index in [1.54, 1.807) is 0 Å². The van der Waals surface area contributed by atoms with Crippen molar-refractivity contribution in [2.75, 3.05) is 6.61 Å². The number of carbonyl (C=O) groups is 2. The number of amides is 1. The molecule has 0 aliphatic carbocycles. The Labute approximate surface area is 348 Å². The van der Waals surface area contributed by atoms with Crippen LogP contribution in [-0.2, 0) is 14.3 Å². The molecule has 0 spiro atoms. The van der Waals surface area contributed by atoms with Gasteiger partial charge in [-0.15, -0.1) is 0 Å². The van der Waals surface area contributed by atoms with E-state index in [0.717, 1.165) is 77.0 Å². The van der Waals surface area contributed by atoms with E-state index in [4.69, 9.17) is 4.74 Å². The molecule has 0 saturated heterocycles. The third-order valence-electron chi connectivity index (χ3n) is 11.2. The minimum Gasteiger partial charge on any atom is -0.462 e. The summed E-state index contributed by atoms with van der Waals surface area (Å²) >= 11 is 0. The summed E-state index contributed by atoms with van der Waals surface area (Å²) in [7, 11) is 0. The Hall–Kier alpha value is -1.66. The minimum atomic E-state index is -0.788. The Morgan fingerprint density at radius 2 is 0.893 bits per heavy atom. The topological polar surface area (TPSA) is 95.9 Å². The normalized spacial score (nSPS) is 13.4. The number of rotatable bonds is 44. The Bertz CT molecular complexity index is 889. The van der Waals surface area contributed by atoms with Crippen molar-refractivity contribution in [3.05, 3.63) is 24.3 Å². The first-order valence-corrected chi connectivity index (χ1v) is 24.6. The van der Waals surface area contributed by atoms with Gasteiger partial charge < -0.3 is 20.3 Å². The van der Waals surface area contributed by atoms with Gasteiger partial charge in [-0.3, -0.25) is 9.59 Å². The molecule has 3 atom stereocenters. The number of allylic oxidation sites excluding steroid dienone is 4. The van der Waals surface area contributed by atoms with Gasteiger partial charge in [0.2, 0.25) is 5.91 Å². The number of aliphatic hydroxyl groups excluding tert-OH is 2. The summed E-state index contributed by atoms with van der Waals surface area (Å²) in [5.41, 5.74) is 0. The molecule has 3 unspecified atom stereocenters. The molecule has 1 amide bonds. The van der Waals surface area contributed by atoms with Gasteiger partial charge in [0.1, 0.15) is 6.10 Å². The van der Waals surface area contributed by atoms with E-state index in [0.29, 0.717) is 19.3 Å². The molecule has 0 aliphatic rings. The standard InChI is InChI=1S/C50H95NO5/c1-4-7-10-13-16-19-21-23-24-25-27-29-31-34-37-40-43-50(55)56-46(41-38-35-32-18-15-12-9-6-3)44-49(54)51-47(45-52)48(53)42-39-36-33-30-28-26-22-20-17-14-11-8-5-2/h12,15,24-25,46-48,52-53H,4-11,13-14,16-23,26-45H2,1-3H3,(H,51,54)/b15-12-,25-24+. The molecule has 330 valence electrons. The second-order valence-electron chi connectivity index (χ2n) is 16.9. The van der Waals surface area contributed by atoms with Gasteiger partial charge in [0, 0.05) is 6.42 Å². The SMILES string of the molecule is CCC/C=C\CCCCCC(CC(=O)NC(CO)C(O)CCCCCCCCCCCCCCC)OC(=O)CCCCCCC/C=C/CCCCCCCCC. The average molecular weight is 790 g/mol. The maximum absolute atomic E-state index is 13.1. The highest BCUT2D eigenvalue weighted by atomic mass is 16.5. The first-order chi connectivity index (χ1) is 27.5. The molecule has 0 aliphatic heterocycles. The van der Waals surface area contributed by atoms with Crippen LogP contribution < -0.4 is 5.32 Å². The quantitative estimate of drug-likeness (QED) is 0.0324. The van der Waals surface area contributed by atoms with Crippen LogP contribution in [0.25, 0.3) is 0 Å². The van der Waals surface area contributed by atoms with Crippen LogP contribution >= 0.6 is 0 Å². The predicted octanol–water partition coefficient (Wildman–Crippen LogP) is 14.3. The van der Waals surface area contributed by atoms with Gasteiger partial charge in [-0.05, 0) is 70.6 Å². The maximum atomic E-state index is 13.1. The first kappa shape index (κ1) is 54.3. The number of carbonyl (C=O) groups excluding carboxylic acids is 2. The van der Waals surface area contributed by atoms with Crippen LogP contribution in [0.3, 0.4) is 0 Å². The lowest BCUT2D eigenvalue weighted by atomic mass is 10.0. The van der Waals surface area contributed by atoms with Gasteiger partial charge in [0.25, 0.3) is 0 Å². The van der Waals surface area contributed by atoms with Crippen molar-refractivity contribution in [1.29, 1.82) is 0 Å². The van der Waals surface area contributed by atoms with Crippen LogP contribution in [0.1, 0.15) is 258 Å². The lowest BCUT2D eigenvalue weighted by Gasteiger charge is -2.24. The predicted molar refractivity (Wildman–Crippen MR) is 241 cm³/mol. The van der Waals surface area contributed by atoms with Gasteiger partial charge in [0.15, 0.2) is 0 Å². The van der Waals surface area contributed by atoms with E-state index >= 15 is 0 Å². The van der Waals surface area contributed by atoms with E-state index in [2.05, 4.69) is 50.4 Å². The summed E-state index contributed by atoms with van der Waals surface area (Å²) in [6, 6.07) is -0.702. The van der Waals surface area contributed by atoms with Crippen molar-refractivity contribution in [2.45, 2.75) is 277 Å².